The largest absolute Gasteiger partial charge is 0.508 e. The molecule has 0 aromatic heterocycles. The van der Waals surface area contributed by atoms with E-state index in [0.29, 0.717) is 11.1 Å². The summed E-state index contributed by atoms with van der Waals surface area (Å²) in [5.41, 5.74) is 0.875. The lowest BCUT2D eigenvalue weighted by molar-refractivity contribution is -0.384. The van der Waals surface area contributed by atoms with Crippen molar-refractivity contribution in [2.45, 2.75) is 6.10 Å². The van der Waals surface area contributed by atoms with Crippen LogP contribution in [0.3, 0.4) is 0 Å². The van der Waals surface area contributed by atoms with Crippen LogP contribution in [-0.4, -0.2) is 33.0 Å². The highest BCUT2D eigenvalue weighted by Crippen LogP contribution is 2.21. The molecule has 0 bridgehead atoms. The van der Waals surface area contributed by atoms with Crippen LogP contribution < -0.4 is 0 Å². The van der Waals surface area contributed by atoms with Crippen LogP contribution in [0.5, 0.6) is 11.5 Å². The van der Waals surface area contributed by atoms with Crippen molar-refractivity contribution < 1.29 is 20.2 Å². The van der Waals surface area contributed by atoms with Gasteiger partial charge < -0.3 is 15.3 Å². The lowest BCUT2D eigenvalue weighted by atomic mass is 10.1. The Kier molecular flexibility index (Phi) is 4.70. The molecule has 3 N–H and O–H groups in total. The Labute approximate surface area is 126 Å². The number of non-ortho nitro benzene ring substituents is 1. The molecule has 0 unspecified atom stereocenters. The Morgan fingerprint density at radius 1 is 1.18 bits per heavy atom. The van der Waals surface area contributed by atoms with Gasteiger partial charge in [0.2, 0.25) is 0 Å². The first-order valence-corrected chi connectivity index (χ1v) is 6.41. The summed E-state index contributed by atoms with van der Waals surface area (Å²) < 4.78 is 0. The van der Waals surface area contributed by atoms with Crippen LogP contribution in [0.25, 0.3) is 0 Å². The highest BCUT2D eigenvalue weighted by atomic mass is 16.6. The van der Waals surface area contributed by atoms with Crippen LogP contribution in [-0.2, 0) is 0 Å². The molecule has 0 radical (unpaired) electrons. The van der Waals surface area contributed by atoms with Crippen LogP contribution in [0, 0.1) is 10.1 Å². The second kappa shape index (κ2) is 6.68. The number of aliphatic imine (C=N–C) groups is 1. The molecule has 0 spiro atoms. The maximum absolute atomic E-state index is 10.5. The summed E-state index contributed by atoms with van der Waals surface area (Å²) in [6.45, 7) is 0.0398. The zero-order valence-electron chi connectivity index (χ0n) is 11.5. The minimum Gasteiger partial charge on any atom is -0.508 e. The Bertz CT molecular complexity index is 698. The first-order chi connectivity index (χ1) is 10.5. The van der Waals surface area contributed by atoms with E-state index in [-0.39, 0.29) is 23.7 Å². The lowest BCUT2D eigenvalue weighted by Gasteiger charge is -2.07. The SMILES string of the molecule is O=[N+]([O-])c1ccc([C@H](O)CN=Cc2ccc(O)cc2O)cc1. The molecule has 0 aliphatic rings. The Morgan fingerprint density at radius 3 is 2.45 bits per heavy atom. The maximum atomic E-state index is 10.5. The fraction of sp³-hybridized carbons (Fsp3) is 0.133. The van der Waals surface area contributed by atoms with Crippen molar-refractivity contribution >= 4 is 11.9 Å². The van der Waals surface area contributed by atoms with E-state index in [1.165, 1.54) is 48.7 Å². The van der Waals surface area contributed by atoms with Gasteiger partial charge in [0.1, 0.15) is 11.5 Å². The summed E-state index contributed by atoms with van der Waals surface area (Å²) >= 11 is 0. The number of phenolic OH excluding ortho intramolecular Hbond substituents is 2. The molecule has 1 atom stereocenters. The predicted octanol–water partition coefficient (Wildman–Crippen LogP) is 2.16. The van der Waals surface area contributed by atoms with Gasteiger partial charge in [-0.15, -0.1) is 0 Å². The number of aliphatic hydroxyl groups is 1. The molecule has 114 valence electrons. The van der Waals surface area contributed by atoms with E-state index in [0.717, 1.165) is 0 Å². The number of aromatic hydroxyl groups is 2. The molecule has 2 rings (SSSR count). The molecule has 0 fully saturated rings. The number of phenols is 2. The summed E-state index contributed by atoms with van der Waals surface area (Å²) in [5, 5.41) is 39.2. The van der Waals surface area contributed by atoms with Crippen molar-refractivity contribution in [2.75, 3.05) is 6.54 Å². The van der Waals surface area contributed by atoms with Crippen molar-refractivity contribution in [1.29, 1.82) is 0 Å². The molecule has 0 saturated heterocycles. The monoisotopic (exact) mass is 302 g/mol. The molecular formula is C15H14N2O5. The summed E-state index contributed by atoms with van der Waals surface area (Å²) in [5.74, 6) is -0.172. The van der Waals surface area contributed by atoms with E-state index in [4.69, 9.17) is 5.11 Å². The third-order valence-corrected chi connectivity index (χ3v) is 3.01. The van der Waals surface area contributed by atoms with Gasteiger partial charge in [-0.2, -0.15) is 0 Å². The molecule has 0 aliphatic heterocycles. The smallest absolute Gasteiger partial charge is 0.269 e. The molecule has 7 heteroatoms. The summed E-state index contributed by atoms with van der Waals surface area (Å²) in [7, 11) is 0. The first-order valence-electron chi connectivity index (χ1n) is 6.41. The highest BCUT2D eigenvalue weighted by Gasteiger charge is 2.09. The number of hydrogen-bond acceptors (Lipinski definition) is 6. The average Bonchev–Trinajstić information content (AvgIpc) is 2.49. The van der Waals surface area contributed by atoms with Crippen molar-refractivity contribution in [3.8, 4) is 11.5 Å². The molecule has 0 aliphatic carbocycles. The van der Waals surface area contributed by atoms with Crippen LogP contribution >= 0.6 is 0 Å². The van der Waals surface area contributed by atoms with Crippen LogP contribution in [0.15, 0.2) is 47.5 Å². The summed E-state index contributed by atoms with van der Waals surface area (Å²) in [4.78, 5) is 14.0. The standard InChI is InChI=1S/C15H14N2O5/c18-13-6-3-11(14(19)7-13)8-16-9-15(20)10-1-4-12(5-2-10)17(21)22/h1-8,15,18-20H,9H2/t15-/m1/s1. The molecule has 22 heavy (non-hydrogen) atoms. The first kappa shape index (κ1) is 15.5. The van der Waals surface area contributed by atoms with E-state index in [1.54, 1.807) is 0 Å². The van der Waals surface area contributed by atoms with E-state index < -0.39 is 11.0 Å². The molecule has 0 amide bonds. The number of rotatable bonds is 5. The van der Waals surface area contributed by atoms with E-state index in [1.807, 2.05) is 0 Å². The minimum atomic E-state index is -0.906. The van der Waals surface area contributed by atoms with Gasteiger partial charge >= 0.3 is 0 Å². The number of nitrogens with zero attached hydrogens (tertiary/aromatic N) is 2. The molecule has 0 heterocycles. The Hall–Kier alpha value is -2.93. The summed E-state index contributed by atoms with van der Waals surface area (Å²) in [6.07, 6.45) is 0.472. The molecule has 2 aromatic carbocycles. The van der Waals surface area contributed by atoms with Gasteiger partial charge in [0.25, 0.3) is 5.69 Å². The second-order valence-electron chi connectivity index (χ2n) is 4.60. The van der Waals surface area contributed by atoms with Crippen LogP contribution in [0.4, 0.5) is 5.69 Å². The van der Waals surface area contributed by atoms with Gasteiger partial charge in [0, 0.05) is 30.0 Å². The fourth-order valence-electron chi connectivity index (χ4n) is 1.82. The third-order valence-electron chi connectivity index (χ3n) is 3.01. The lowest BCUT2D eigenvalue weighted by Crippen LogP contribution is -2.02. The molecule has 2 aromatic rings. The van der Waals surface area contributed by atoms with Crippen LogP contribution in [0.2, 0.25) is 0 Å². The van der Waals surface area contributed by atoms with Gasteiger partial charge in [-0.1, -0.05) is 0 Å². The topological polar surface area (TPSA) is 116 Å². The van der Waals surface area contributed by atoms with Crippen molar-refractivity contribution in [3.63, 3.8) is 0 Å². The third kappa shape index (κ3) is 3.80. The number of nitro benzene ring substituents is 1. The quantitative estimate of drug-likeness (QED) is 0.444. The average molecular weight is 302 g/mol. The molecular weight excluding hydrogens is 288 g/mol. The predicted molar refractivity (Wildman–Crippen MR) is 80.3 cm³/mol. The van der Waals surface area contributed by atoms with E-state index in [2.05, 4.69) is 4.99 Å². The summed E-state index contributed by atoms with van der Waals surface area (Å²) in [6, 6.07) is 9.66. The zero-order valence-corrected chi connectivity index (χ0v) is 11.5. The minimum absolute atomic E-state index is 0.0398. The van der Waals surface area contributed by atoms with E-state index in [9.17, 15) is 20.3 Å². The van der Waals surface area contributed by atoms with E-state index >= 15 is 0 Å². The maximum Gasteiger partial charge on any atom is 0.269 e. The number of hydrogen-bond donors (Lipinski definition) is 3. The normalized spacial score (nSPS) is 12.4. The number of benzene rings is 2. The van der Waals surface area contributed by atoms with Gasteiger partial charge in [0.05, 0.1) is 17.6 Å². The van der Waals surface area contributed by atoms with Crippen molar-refractivity contribution in [1.82, 2.24) is 0 Å². The van der Waals surface area contributed by atoms with Crippen molar-refractivity contribution in [2.24, 2.45) is 4.99 Å². The van der Waals surface area contributed by atoms with Gasteiger partial charge in [-0.25, -0.2) is 0 Å². The molecule has 7 nitrogen and oxygen atoms in total. The number of aliphatic hydroxyl groups excluding tert-OH is 1. The Balaban J connectivity index is 2.01. The number of nitro groups is 1. The fourth-order valence-corrected chi connectivity index (χ4v) is 1.82. The highest BCUT2D eigenvalue weighted by molar-refractivity contribution is 5.83. The zero-order chi connectivity index (χ0) is 16.1. The van der Waals surface area contributed by atoms with Gasteiger partial charge in [-0.3, -0.25) is 15.1 Å². The Morgan fingerprint density at radius 2 is 1.86 bits per heavy atom. The van der Waals surface area contributed by atoms with Gasteiger partial charge in [0.15, 0.2) is 0 Å². The molecule has 0 saturated carbocycles. The van der Waals surface area contributed by atoms with Crippen LogP contribution in [0.1, 0.15) is 17.2 Å². The van der Waals surface area contributed by atoms with Gasteiger partial charge in [-0.05, 0) is 29.8 Å². The second-order valence-corrected chi connectivity index (χ2v) is 4.60. The van der Waals surface area contributed by atoms with Crippen molar-refractivity contribution in [3.05, 3.63) is 63.7 Å².